The number of nitrogens with two attached hydrogens (primary N) is 1. The molecule has 0 saturated carbocycles. The molecule has 3 N–H and O–H groups in total. The minimum absolute atomic E-state index is 0.285. The monoisotopic (exact) mass is 292 g/mol. The molecule has 4 aromatic rings. The van der Waals surface area contributed by atoms with Crippen LogP contribution >= 0.6 is 11.3 Å². The predicted molar refractivity (Wildman–Crippen MR) is 89.1 cm³/mol. The molecule has 4 nitrogen and oxygen atoms in total. The van der Waals surface area contributed by atoms with Crippen LogP contribution in [0.15, 0.2) is 53.9 Å². The summed E-state index contributed by atoms with van der Waals surface area (Å²) < 4.78 is 0. The molecule has 5 heteroatoms. The van der Waals surface area contributed by atoms with Gasteiger partial charge < -0.3 is 11.1 Å². The number of rotatable bonds is 2. The normalized spacial score (nSPS) is 11.0. The van der Waals surface area contributed by atoms with E-state index >= 15 is 0 Å². The van der Waals surface area contributed by atoms with E-state index in [0.29, 0.717) is 0 Å². The van der Waals surface area contributed by atoms with Crippen molar-refractivity contribution in [2.24, 2.45) is 0 Å². The highest BCUT2D eigenvalue weighted by Gasteiger charge is 2.09. The van der Waals surface area contributed by atoms with Crippen LogP contribution in [0.3, 0.4) is 0 Å². The summed E-state index contributed by atoms with van der Waals surface area (Å²) in [5, 5.41) is 8.71. The van der Waals surface area contributed by atoms with Crippen molar-refractivity contribution >= 4 is 49.8 Å². The van der Waals surface area contributed by atoms with Gasteiger partial charge in [0, 0.05) is 11.1 Å². The molecular weight excluding hydrogens is 280 g/mol. The third kappa shape index (κ3) is 2.08. The number of anilines is 3. The van der Waals surface area contributed by atoms with E-state index in [0.717, 1.165) is 27.1 Å². The van der Waals surface area contributed by atoms with Crippen LogP contribution in [0.25, 0.3) is 21.0 Å². The van der Waals surface area contributed by atoms with Gasteiger partial charge in [-0.25, -0.2) is 4.98 Å². The zero-order valence-corrected chi connectivity index (χ0v) is 11.9. The zero-order valence-electron chi connectivity index (χ0n) is 11.1. The number of thiophene rings is 1. The molecule has 21 heavy (non-hydrogen) atoms. The minimum atomic E-state index is 0.285. The molecule has 0 aliphatic heterocycles. The molecule has 0 aliphatic rings. The molecular formula is C16H12N4S. The highest BCUT2D eigenvalue weighted by molar-refractivity contribution is 7.16. The molecule has 2 heterocycles. The van der Waals surface area contributed by atoms with Gasteiger partial charge in [-0.2, -0.15) is 4.98 Å². The van der Waals surface area contributed by atoms with E-state index < -0.39 is 0 Å². The molecule has 4 rings (SSSR count). The van der Waals surface area contributed by atoms with Crippen LogP contribution in [0.5, 0.6) is 0 Å². The van der Waals surface area contributed by atoms with Crippen LogP contribution in [0.2, 0.25) is 0 Å². The Morgan fingerprint density at radius 3 is 2.71 bits per heavy atom. The Labute approximate surface area is 125 Å². The summed E-state index contributed by atoms with van der Waals surface area (Å²) in [6, 6.07) is 16.4. The van der Waals surface area contributed by atoms with E-state index in [1.54, 1.807) is 11.3 Å². The van der Waals surface area contributed by atoms with E-state index in [1.807, 2.05) is 35.7 Å². The van der Waals surface area contributed by atoms with Gasteiger partial charge in [-0.15, -0.1) is 11.3 Å². The molecule has 0 aliphatic carbocycles. The second-order valence-corrected chi connectivity index (χ2v) is 5.62. The molecule has 0 amide bonds. The average Bonchev–Trinajstić information content (AvgIpc) is 2.96. The molecule has 0 saturated heterocycles. The van der Waals surface area contributed by atoms with Gasteiger partial charge in [0.05, 0.1) is 5.39 Å². The first-order chi connectivity index (χ1) is 10.3. The van der Waals surface area contributed by atoms with Gasteiger partial charge in [0.25, 0.3) is 0 Å². The van der Waals surface area contributed by atoms with E-state index in [-0.39, 0.29) is 5.95 Å². The van der Waals surface area contributed by atoms with E-state index in [2.05, 4.69) is 33.5 Å². The van der Waals surface area contributed by atoms with Gasteiger partial charge in [0.15, 0.2) is 0 Å². The maximum Gasteiger partial charge on any atom is 0.223 e. The molecule has 2 aromatic carbocycles. The maximum atomic E-state index is 5.79. The number of nitrogen functional groups attached to an aromatic ring is 1. The predicted octanol–water partition coefficient (Wildman–Crippen LogP) is 4.17. The van der Waals surface area contributed by atoms with Gasteiger partial charge in [0.1, 0.15) is 10.6 Å². The fourth-order valence-corrected chi connectivity index (χ4v) is 3.20. The Hall–Kier alpha value is -2.66. The SMILES string of the molecule is Nc1nc(Nc2cccc3ccccc23)c2ccsc2n1. The topological polar surface area (TPSA) is 63.8 Å². The summed E-state index contributed by atoms with van der Waals surface area (Å²) in [7, 11) is 0. The zero-order chi connectivity index (χ0) is 14.2. The van der Waals surface area contributed by atoms with Crippen molar-refractivity contribution in [3.63, 3.8) is 0 Å². The highest BCUT2D eigenvalue weighted by Crippen LogP contribution is 2.31. The molecule has 0 fully saturated rings. The van der Waals surface area contributed by atoms with Crippen LogP contribution in [0.4, 0.5) is 17.5 Å². The first-order valence-electron chi connectivity index (χ1n) is 6.57. The Morgan fingerprint density at radius 1 is 0.905 bits per heavy atom. The number of nitrogens with zero attached hydrogens (tertiary/aromatic N) is 2. The van der Waals surface area contributed by atoms with Crippen LogP contribution < -0.4 is 11.1 Å². The third-order valence-corrected chi connectivity index (χ3v) is 4.19. The summed E-state index contributed by atoms with van der Waals surface area (Å²) in [4.78, 5) is 9.48. The number of fused-ring (bicyclic) bond motifs is 2. The van der Waals surface area contributed by atoms with E-state index in [9.17, 15) is 0 Å². The quantitative estimate of drug-likeness (QED) is 0.582. The number of aromatic nitrogens is 2. The summed E-state index contributed by atoms with van der Waals surface area (Å²) >= 11 is 1.56. The van der Waals surface area contributed by atoms with E-state index in [4.69, 9.17) is 5.73 Å². The minimum Gasteiger partial charge on any atom is -0.368 e. The summed E-state index contributed by atoms with van der Waals surface area (Å²) in [5.41, 5.74) is 6.81. The van der Waals surface area contributed by atoms with Crippen molar-refractivity contribution in [2.75, 3.05) is 11.1 Å². The highest BCUT2D eigenvalue weighted by atomic mass is 32.1. The van der Waals surface area contributed by atoms with Crippen molar-refractivity contribution in [3.8, 4) is 0 Å². The lowest BCUT2D eigenvalue weighted by molar-refractivity contribution is 1.25. The molecule has 0 atom stereocenters. The van der Waals surface area contributed by atoms with Crippen LogP contribution in [-0.4, -0.2) is 9.97 Å². The Kier molecular flexibility index (Phi) is 2.72. The van der Waals surface area contributed by atoms with Crippen molar-refractivity contribution < 1.29 is 0 Å². The van der Waals surface area contributed by atoms with Crippen molar-refractivity contribution in [1.29, 1.82) is 0 Å². The lowest BCUT2D eigenvalue weighted by atomic mass is 10.1. The number of nitrogens with one attached hydrogen (secondary N) is 1. The number of hydrogen-bond donors (Lipinski definition) is 2. The smallest absolute Gasteiger partial charge is 0.223 e. The van der Waals surface area contributed by atoms with Gasteiger partial charge in [0.2, 0.25) is 5.95 Å². The molecule has 0 spiro atoms. The van der Waals surface area contributed by atoms with Gasteiger partial charge >= 0.3 is 0 Å². The second kappa shape index (κ2) is 4.71. The fourth-order valence-electron chi connectivity index (χ4n) is 2.43. The van der Waals surface area contributed by atoms with Crippen molar-refractivity contribution in [2.45, 2.75) is 0 Å². The number of hydrogen-bond acceptors (Lipinski definition) is 5. The lowest BCUT2D eigenvalue weighted by Crippen LogP contribution is -2.00. The molecule has 2 aromatic heterocycles. The summed E-state index contributed by atoms with van der Waals surface area (Å²) in [6.45, 7) is 0. The first kappa shape index (κ1) is 12.1. The van der Waals surface area contributed by atoms with Gasteiger partial charge in [-0.05, 0) is 22.9 Å². The van der Waals surface area contributed by atoms with E-state index in [1.165, 1.54) is 5.39 Å². The van der Waals surface area contributed by atoms with Gasteiger partial charge in [-0.1, -0.05) is 36.4 Å². The van der Waals surface area contributed by atoms with Crippen LogP contribution in [0, 0.1) is 0 Å². The summed E-state index contributed by atoms with van der Waals surface area (Å²) in [6.07, 6.45) is 0. The van der Waals surface area contributed by atoms with Crippen molar-refractivity contribution in [1.82, 2.24) is 9.97 Å². The molecule has 0 bridgehead atoms. The standard InChI is InChI=1S/C16H12N4S/c17-16-19-14(12-8-9-21-15(12)20-16)18-13-7-3-5-10-4-1-2-6-11(10)13/h1-9H,(H3,17,18,19,20). The maximum absolute atomic E-state index is 5.79. The van der Waals surface area contributed by atoms with Crippen LogP contribution in [0.1, 0.15) is 0 Å². The Bertz CT molecular complexity index is 940. The number of benzene rings is 2. The largest absolute Gasteiger partial charge is 0.368 e. The average molecular weight is 292 g/mol. The summed E-state index contributed by atoms with van der Waals surface area (Å²) in [5.74, 6) is 1.03. The lowest BCUT2D eigenvalue weighted by Gasteiger charge is -2.10. The Morgan fingerprint density at radius 2 is 1.76 bits per heavy atom. The van der Waals surface area contributed by atoms with Crippen molar-refractivity contribution in [3.05, 3.63) is 53.9 Å². The second-order valence-electron chi connectivity index (χ2n) is 4.72. The molecule has 102 valence electrons. The van der Waals surface area contributed by atoms with Gasteiger partial charge in [-0.3, -0.25) is 0 Å². The molecule has 0 unspecified atom stereocenters. The third-order valence-electron chi connectivity index (χ3n) is 3.39. The first-order valence-corrected chi connectivity index (χ1v) is 7.45. The Balaban J connectivity index is 1.89. The van der Waals surface area contributed by atoms with Crippen LogP contribution in [-0.2, 0) is 0 Å². The molecule has 0 radical (unpaired) electrons. The fraction of sp³-hybridized carbons (Fsp3) is 0.